The first-order valence-corrected chi connectivity index (χ1v) is 4.88. The van der Waals surface area contributed by atoms with Crippen molar-refractivity contribution < 1.29 is 18.3 Å². The quantitative estimate of drug-likeness (QED) is 0.774. The van der Waals surface area contributed by atoms with E-state index in [0.29, 0.717) is 11.4 Å². The van der Waals surface area contributed by atoms with Crippen LogP contribution in [0.25, 0.3) is 0 Å². The fourth-order valence-corrected chi connectivity index (χ4v) is 1.67. The maximum Gasteiger partial charge on any atom is 0.326 e. The van der Waals surface area contributed by atoms with Crippen molar-refractivity contribution in [1.29, 1.82) is 0 Å². The number of hydrogen-bond acceptors (Lipinski definition) is 2. The molecule has 0 aliphatic carbocycles. The Bertz CT molecular complexity index is 403. The first kappa shape index (κ1) is 10.9. The predicted molar refractivity (Wildman–Crippen MR) is 54.9 cm³/mol. The number of carbonyl (C=O) groups is 1. The maximum absolute atomic E-state index is 13.0. The summed E-state index contributed by atoms with van der Waals surface area (Å²) in [5.41, 5.74) is 0.475. The molecular weight excluding hydrogens is 216 g/mol. The molecule has 2 rings (SSSR count). The van der Waals surface area contributed by atoms with Gasteiger partial charge in [-0.1, -0.05) is 0 Å². The van der Waals surface area contributed by atoms with Crippen molar-refractivity contribution >= 4 is 11.6 Å². The summed E-state index contributed by atoms with van der Waals surface area (Å²) in [6, 6.07) is 6.47. The molecule has 1 saturated heterocycles. The summed E-state index contributed by atoms with van der Waals surface area (Å²) < 4.78 is 31.0. The van der Waals surface area contributed by atoms with Crippen LogP contribution in [0.4, 0.5) is 14.5 Å². The molecule has 0 saturated carbocycles. The zero-order valence-electron chi connectivity index (χ0n) is 8.74. The van der Waals surface area contributed by atoms with Gasteiger partial charge >= 0.3 is 5.92 Å². The highest BCUT2D eigenvalue weighted by molar-refractivity contribution is 6.00. The first-order chi connectivity index (χ1) is 7.54. The van der Waals surface area contributed by atoms with Crippen molar-refractivity contribution in [3.63, 3.8) is 0 Å². The number of methoxy groups -OCH3 is 1. The second kappa shape index (κ2) is 3.73. The normalized spacial score (nSPS) is 18.9. The van der Waals surface area contributed by atoms with Crippen LogP contribution in [0, 0.1) is 0 Å². The second-order valence-corrected chi connectivity index (χ2v) is 3.61. The smallest absolute Gasteiger partial charge is 0.326 e. The summed E-state index contributed by atoms with van der Waals surface area (Å²) in [6.45, 7) is 0.0537. The lowest BCUT2D eigenvalue weighted by molar-refractivity contribution is -0.137. The molecule has 0 spiro atoms. The standard InChI is InChI=1S/C11H11F2NO2/c1-16-9-4-2-8(3-5-9)14-7-6-11(12,13)10(14)15/h2-5H,6-7H2,1H3. The lowest BCUT2D eigenvalue weighted by Gasteiger charge is -2.16. The number of benzene rings is 1. The van der Waals surface area contributed by atoms with Crippen LogP contribution in [0.3, 0.4) is 0 Å². The van der Waals surface area contributed by atoms with Crippen molar-refractivity contribution in [2.75, 3.05) is 18.6 Å². The number of rotatable bonds is 2. The summed E-state index contributed by atoms with van der Waals surface area (Å²) in [7, 11) is 1.52. The minimum Gasteiger partial charge on any atom is -0.497 e. The van der Waals surface area contributed by atoms with Crippen LogP contribution >= 0.6 is 0 Å². The Morgan fingerprint density at radius 2 is 1.94 bits per heavy atom. The molecule has 0 atom stereocenters. The molecule has 3 nitrogen and oxygen atoms in total. The number of hydrogen-bond donors (Lipinski definition) is 0. The van der Waals surface area contributed by atoms with Gasteiger partial charge in [0.25, 0.3) is 5.91 Å². The van der Waals surface area contributed by atoms with Gasteiger partial charge in [-0.25, -0.2) is 0 Å². The van der Waals surface area contributed by atoms with Gasteiger partial charge in [0.1, 0.15) is 5.75 Å². The Labute approximate surface area is 91.6 Å². The maximum atomic E-state index is 13.0. The molecule has 1 fully saturated rings. The van der Waals surface area contributed by atoms with Crippen LogP contribution in [-0.2, 0) is 4.79 Å². The van der Waals surface area contributed by atoms with E-state index in [4.69, 9.17) is 4.74 Å². The van der Waals surface area contributed by atoms with Crippen molar-refractivity contribution in [3.8, 4) is 5.75 Å². The van der Waals surface area contributed by atoms with Crippen LogP contribution in [0.5, 0.6) is 5.75 Å². The molecule has 0 N–H and O–H groups in total. The summed E-state index contributed by atoms with van der Waals surface area (Å²) in [6.07, 6.45) is -0.419. The first-order valence-electron chi connectivity index (χ1n) is 4.88. The van der Waals surface area contributed by atoms with E-state index in [1.54, 1.807) is 24.3 Å². The van der Waals surface area contributed by atoms with Gasteiger partial charge < -0.3 is 9.64 Å². The molecule has 1 heterocycles. The third kappa shape index (κ3) is 1.73. The van der Waals surface area contributed by atoms with Gasteiger partial charge in [0, 0.05) is 18.7 Å². The minimum atomic E-state index is -3.22. The molecule has 5 heteroatoms. The minimum absolute atomic E-state index is 0.0537. The largest absolute Gasteiger partial charge is 0.497 e. The number of amides is 1. The zero-order chi connectivity index (χ0) is 11.8. The molecule has 16 heavy (non-hydrogen) atoms. The molecule has 86 valence electrons. The van der Waals surface area contributed by atoms with Crippen LogP contribution in [0.2, 0.25) is 0 Å². The van der Waals surface area contributed by atoms with Gasteiger partial charge in [0.05, 0.1) is 7.11 Å². The van der Waals surface area contributed by atoms with Gasteiger partial charge in [-0.3, -0.25) is 4.79 Å². The monoisotopic (exact) mass is 227 g/mol. The van der Waals surface area contributed by atoms with E-state index < -0.39 is 18.3 Å². The molecule has 1 aliphatic rings. The van der Waals surface area contributed by atoms with Crippen LogP contribution in [0.1, 0.15) is 6.42 Å². The topological polar surface area (TPSA) is 29.5 Å². The third-order valence-corrected chi connectivity index (χ3v) is 2.59. The molecule has 1 aliphatic heterocycles. The number of anilines is 1. The third-order valence-electron chi connectivity index (χ3n) is 2.59. The highest BCUT2D eigenvalue weighted by atomic mass is 19.3. The van der Waals surface area contributed by atoms with Crippen LogP contribution < -0.4 is 9.64 Å². The van der Waals surface area contributed by atoms with E-state index in [2.05, 4.69) is 0 Å². The highest BCUT2D eigenvalue weighted by Gasteiger charge is 2.48. The number of ether oxygens (including phenoxy) is 1. The van der Waals surface area contributed by atoms with Gasteiger partial charge in [-0.2, -0.15) is 8.78 Å². The van der Waals surface area contributed by atoms with E-state index in [9.17, 15) is 13.6 Å². The van der Waals surface area contributed by atoms with Crippen molar-refractivity contribution in [2.45, 2.75) is 12.3 Å². The van der Waals surface area contributed by atoms with E-state index in [0.717, 1.165) is 4.90 Å². The Balaban J connectivity index is 2.22. The lowest BCUT2D eigenvalue weighted by Crippen LogP contribution is -2.33. The molecule has 0 unspecified atom stereocenters. The van der Waals surface area contributed by atoms with Crippen molar-refractivity contribution in [2.24, 2.45) is 0 Å². The van der Waals surface area contributed by atoms with Gasteiger partial charge in [0.15, 0.2) is 0 Å². The van der Waals surface area contributed by atoms with E-state index in [1.165, 1.54) is 7.11 Å². The molecule has 1 amide bonds. The van der Waals surface area contributed by atoms with Crippen molar-refractivity contribution in [1.82, 2.24) is 0 Å². The zero-order valence-corrected chi connectivity index (χ0v) is 8.74. The summed E-state index contributed by atoms with van der Waals surface area (Å²) in [5, 5.41) is 0. The Morgan fingerprint density at radius 3 is 2.38 bits per heavy atom. The SMILES string of the molecule is COc1ccc(N2CCC(F)(F)C2=O)cc1. The molecule has 0 radical (unpaired) electrons. The Hall–Kier alpha value is -1.65. The van der Waals surface area contributed by atoms with E-state index in [-0.39, 0.29) is 6.54 Å². The molecular formula is C11H11F2NO2. The van der Waals surface area contributed by atoms with Crippen molar-refractivity contribution in [3.05, 3.63) is 24.3 Å². The average Bonchev–Trinajstić information content (AvgIpc) is 2.55. The van der Waals surface area contributed by atoms with Crippen LogP contribution in [0.15, 0.2) is 24.3 Å². The molecule has 1 aromatic carbocycles. The van der Waals surface area contributed by atoms with Gasteiger partial charge in [-0.15, -0.1) is 0 Å². The number of carbonyl (C=O) groups excluding carboxylic acids is 1. The van der Waals surface area contributed by atoms with Crippen LogP contribution in [-0.4, -0.2) is 25.5 Å². The summed E-state index contributed by atoms with van der Waals surface area (Å²) in [4.78, 5) is 12.4. The fraction of sp³-hybridized carbons (Fsp3) is 0.364. The Kier molecular flexibility index (Phi) is 2.53. The average molecular weight is 227 g/mol. The lowest BCUT2D eigenvalue weighted by atomic mass is 10.3. The van der Waals surface area contributed by atoms with E-state index >= 15 is 0 Å². The highest BCUT2D eigenvalue weighted by Crippen LogP contribution is 2.32. The number of alkyl halides is 2. The van der Waals surface area contributed by atoms with E-state index in [1.807, 2.05) is 0 Å². The molecule has 0 bridgehead atoms. The Morgan fingerprint density at radius 1 is 1.31 bits per heavy atom. The molecule has 0 aromatic heterocycles. The molecule has 1 aromatic rings. The predicted octanol–water partition coefficient (Wildman–Crippen LogP) is 2.07. The fourth-order valence-electron chi connectivity index (χ4n) is 1.67. The van der Waals surface area contributed by atoms with Gasteiger partial charge in [0.2, 0.25) is 0 Å². The summed E-state index contributed by atoms with van der Waals surface area (Å²) in [5.74, 6) is -3.72. The summed E-state index contributed by atoms with van der Waals surface area (Å²) >= 11 is 0. The number of halogens is 2. The number of nitrogens with zero attached hydrogens (tertiary/aromatic N) is 1. The van der Waals surface area contributed by atoms with Gasteiger partial charge in [-0.05, 0) is 24.3 Å². The second-order valence-electron chi connectivity index (χ2n) is 3.61.